The fourth-order valence-electron chi connectivity index (χ4n) is 3.39. The largest absolute Gasteiger partial charge is 0.493 e. The molecule has 2 heterocycles. The van der Waals surface area contributed by atoms with Crippen molar-refractivity contribution in [3.63, 3.8) is 0 Å². The summed E-state index contributed by atoms with van der Waals surface area (Å²) in [4.78, 5) is 11.3. The third-order valence-corrected chi connectivity index (χ3v) is 5.31. The van der Waals surface area contributed by atoms with E-state index in [9.17, 15) is 0 Å². The molecule has 1 aliphatic rings. The van der Waals surface area contributed by atoms with Gasteiger partial charge in [-0.15, -0.1) is 0 Å². The Morgan fingerprint density at radius 3 is 2.68 bits per heavy atom. The molecule has 1 aromatic heterocycles. The summed E-state index contributed by atoms with van der Waals surface area (Å²) in [6.45, 7) is 0.921. The van der Waals surface area contributed by atoms with Crippen LogP contribution in [0, 0.1) is 0 Å². The first-order chi connectivity index (χ1) is 12.2. The summed E-state index contributed by atoms with van der Waals surface area (Å²) in [5.74, 6) is 2.24. The molecule has 2 aromatic carbocycles. The van der Waals surface area contributed by atoms with Crippen molar-refractivity contribution in [3.8, 4) is 11.5 Å². The molecule has 0 bridgehead atoms. The predicted octanol–water partition coefficient (Wildman–Crippen LogP) is 4.49. The number of nitrogens with zero attached hydrogens (tertiary/aromatic N) is 3. The van der Waals surface area contributed by atoms with Gasteiger partial charge in [-0.25, -0.2) is 9.97 Å². The van der Waals surface area contributed by atoms with Crippen LogP contribution >= 0.6 is 15.9 Å². The van der Waals surface area contributed by atoms with E-state index in [2.05, 4.69) is 49.0 Å². The Labute approximate surface area is 154 Å². The van der Waals surface area contributed by atoms with Gasteiger partial charge in [-0.3, -0.25) is 0 Å². The Morgan fingerprint density at radius 2 is 1.88 bits per heavy atom. The molecular formula is C19H18BrN3O2. The van der Waals surface area contributed by atoms with Crippen LogP contribution in [0.4, 0.5) is 11.5 Å². The van der Waals surface area contributed by atoms with Crippen LogP contribution in [-0.4, -0.2) is 30.7 Å². The maximum absolute atomic E-state index is 5.47. The minimum Gasteiger partial charge on any atom is -0.493 e. The van der Waals surface area contributed by atoms with E-state index in [1.165, 1.54) is 11.3 Å². The van der Waals surface area contributed by atoms with Crippen molar-refractivity contribution >= 4 is 38.3 Å². The minimum absolute atomic E-state index is 0.668. The number of ether oxygens (including phenoxy) is 2. The fraction of sp³-hybridized carbons (Fsp3) is 0.263. The molecular weight excluding hydrogens is 382 g/mol. The molecule has 0 radical (unpaired) electrons. The average Bonchev–Trinajstić information content (AvgIpc) is 2.66. The molecule has 0 atom stereocenters. The van der Waals surface area contributed by atoms with Gasteiger partial charge in [0.25, 0.3) is 0 Å². The average molecular weight is 400 g/mol. The molecule has 0 amide bonds. The smallest absolute Gasteiger partial charge is 0.162 e. The number of methoxy groups -OCH3 is 2. The first kappa shape index (κ1) is 16.1. The monoisotopic (exact) mass is 399 g/mol. The molecule has 0 spiro atoms. The number of halogens is 1. The number of rotatable bonds is 3. The summed E-state index contributed by atoms with van der Waals surface area (Å²) in [6, 6.07) is 10.2. The number of anilines is 2. The standard InChI is InChI=1S/C19H18BrN3O2/c1-24-17-9-13-15(10-18(17)25-2)21-11-22-19(13)23-8-4-5-12-14(20)6-3-7-16(12)23/h3,6-7,9-11H,4-5,8H2,1-2H3. The van der Waals surface area contributed by atoms with Crippen molar-refractivity contribution in [2.24, 2.45) is 0 Å². The lowest BCUT2D eigenvalue weighted by molar-refractivity contribution is 0.356. The molecule has 128 valence electrons. The number of benzene rings is 2. The molecule has 6 heteroatoms. The van der Waals surface area contributed by atoms with Crippen molar-refractivity contribution in [3.05, 3.63) is 46.7 Å². The van der Waals surface area contributed by atoms with Gasteiger partial charge >= 0.3 is 0 Å². The highest BCUT2D eigenvalue weighted by atomic mass is 79.9. The molecule has 0 saturated carbocycles. The van der Waals surface area contributed by atoms with Crippen LogP contribution in [0.3, 0.4) is 0 Å². The number of hydrogen-bond donors (Lipinski definition) is 0. The van der Waals surface area contributed by atoms with Gasteiger partial charge in [0.15, 0.2) is 11.5 Å². The van der Waals surface area contributed by atoms with Gasteiger partial charge in [-0.1, -0.05) is 22.0 Å². The second-order valence-corrected chi connectivity index (χ2v) is 6.77. The van der Waals surface area contributed by atoms with Crippen LogP contribution in [0.5, 0.6) is 11.5 Å². The third kappa shape index (κ3) is 2.70. The Balaban J connectivity index is 1.93. The highest BCUT2D eigenvalue weighted by Crippen LogP contribution is 2.40. The molecule has 5 nitrogen and oxygen atoms in total. The number of fused-ring (bicyclic) bond motifs is 2. The zero-order chi connectivity index (χ0) is 17.4. The molecule has 0 aliphatic carbocycles. The lowest BCUT2D eigenvalue weighted by Gasteiger charge is -2.31. The van der Waals surface area contributed by atoms with E-state index in [4.69, 9.17) is 9.47 Å². The summed E-state index contributed by atoms with van der Waals surface area (Å²) >= 11 is 3.68. The van der Waals surface area contributed by atoms with E-state index in [1.54, 1.807) is 20.5 Å². The summed E-state index contributed by atoms with van der Waals surface area (Å²) < 4.78 is 12.0. The second-order valence-electron chi connectivity index (χ2n) is 5.91. The number of aromatic nitrogens is 2. The Bertz CT molecular complexity index is 945. The summed E-state index contributed by atoms with van der Waals surface area (Å²) in [6.07, 6.45) is 3.75. The normalized spacial score (nSPS) is 13.6. The minimum atomic E-state index is 0.668. The van der Waals surface area contributed by atoms with E-state index in [0.29, 0.717) is 11.5 Å². The predicted molar refractivity (Wildman–Crippen MR) is 102 cm³/mol. The van der Waals surface area contributed by atoms with Crippen molar-refractivity contribution < 1.29 is 9.47 Å². The van der Waals surface area contributed by atoms with Gasteiger partial charge in [0.1, 0.15) is 12.1 Å². The van der Waals surface area contributed by atoms with Gasteiger partial charge in [0.05, 0.1) is 19.7 Å². The molecule has 0 saturated heterocycles. The van der Waals surface area contributed by atoms with Gasteiger partial charge in [-0.05, 0) is 36.6 Å². The maximum Gasteiger partial charge on any atom is 0.162 e. The van der Waals surface area contributed by atoms with Crippen molar-refractivity contribution in [1.29, 1.82) is 0 Å². The highest BCUT2D eigenvalue weighted by Gasteiger charge is 2.23. The van der Waals surface area contributed by atoms with Gasteiger partial charge < -0.3 is 14.4 Å². The molecule has 4 rings (SSSR count). The van der Waals surface area contributed by atoms with Crippen LogP contribution in [-0.2, 0) is 6.42 Å². The molecule has 3 aromatic rings. The van der Waals surface area contributed by atoms with Crippen molar-refractivity contribution in [2.75, 3.05) is 25.7 Å². The van der Waals surface area contributed by atoms with Crippen LogP contribution in [0.15, 0.2) is 41.1 Å². The Morgan fingerprint density at radius 1 is 1.08 bits per heavy atom. The van der Waals surface area contributed by atoms with Crippen LogP contribution in [0.2, 0.25) is 0 Å². The number of hydrogen-bond acceptors (Lipinski definition) is 5. The van der Waals surface area contributed by atoms with Crippen LogP contribution in [0.25, 0.3) is 10.9 Å². The van der Waals surface area contributed by atoms with E-state index < -0.39 is 0 Å². The van der Waals surface area contributed by atoms with Gasteiger partial charge in [0.2, 0.25) is 0 Å². The molecule has 1 aliphatic heterocycles. The third-order valence-electron chi connectivity index (χ3n) is 4.57. The van der Waals surface area contributed by atoms with E-state index in [0.717, 1.165) is 40.6 Å². The zero-order valence-corrected chi connectivity index (χ0v) is 15.7. The van der Waals surface area contributed by atoms with Gasteiger partial charge in [-0.2, -0.15) is 0 Å². The topological polar surface area (TPSA) is 47.5 Å². The lowest BCUT2D eigenvalue weighted by Crippen LogP contribution is -2.25. The summed E-state index contributed by atoms with van der Waals surface area (Å²) in [7, 11) is 3.27. The quantitative estimate of drug-likeness (QED) is 0.648. The summed E-state index contributed by atoms with van der Waals surface area (Å²) in [5.41, 5.74) is 3.35. The van der Waals surface area contributed by atoms with Crippen molar-refractivity contribution in [1.82, 2.24) is 9.97 Å². The Hall–Kier alpha value is -2.34. The van der Waals surface area contributed by atoms with Crippen LogP contribution < -0.4 is 14.4 Å². The van der Waals surface area contributed by atoms with Crippen molar-refractivity contribution in [2.45, 2.75) is 12.8 Å². The SMILES string of the molecule is COc1cc2ncnc(N3CCCc4c(Br)cccc43)c2cc1OC. The highest BCUT2D eigenvalue weighted by molar-refractivity contribution is 9.10. The summed E-state index contributed by atoms with van der Waals surface area (Å²) in [5, 5.41) is 0.952. The first-order valence-electron chi connectivity index (χ1n) is 8.14. The van der Waals surface area contributed by atoms with E-state index in [1.807, 2.05) is 12.1 Å². The zero-order valence-electron chi connectivity index (χ0n) is 14.1. The first-order valence-corrected chi connectivity index (χ1v) is 8.94. The Kier molecular flexibility index (Phi) is 4.21. The maximum atomic E-state index is 5.47. The van der Waals surface area contributed by atoms with E-state index in [-0.39, 0.29) is 0 Å². The van der Waals surface area contributed by atoms with Crippen LogP contribution in [0.1, 0.15) is 12.0 Å². The second kappa shape index (κ2) is 6.52. The molecule has 25 heavy (non-hydrogen) atoms. The molecule has 0 N–H and O–H groups in total. The fourth-order valence-corrected chi connectivity index (χ4v) is 3.94. The molecule has 0 unspecified atom stereocenters. The van der Waals surface area contributed by atoms with E-state index >= 15 is 0 Å². The lowest BCUT2D eigenvalue weighted by atomic mass is 10.0. The van der Waals surface area contributed by atoms with Gasteiger partial charge in [0, 0.05) is 28.2 Å². The molecule has 0 fully saturated rings.